The summed E-state index contributed by atoms with van der Waals surface area (Å²) in [5.74, 6) is 0.526. The summed E-state index contributed by atoms with van der Waals surface area (Å²) in [7, 11) is 0. The Morgan fingerprint density at radius 2 is 0.902 bits per heavy atom. The third-order valence-electron chi connectivity index (χ3n) is 11.4. The molecule has 0 fully saturated rings. The summed E-state index contributed by atoms with van der Waals surface area (Å²) in [6, 6.07) is 68.8. The molecule has 2 aromatic heterocycles. The number of aryl methyl sites for hydroxylation is 2. The Balaban J connectivity index is 1.34. The zero-order chi connectivity index (χ0) is 41.5. The van der Waals surface area contributed by atoms with Crippen LogP contribution in [0.1, 0.15) is 22.3 Å². The molecular weight excluding hydrogens is 743 g/mol. The lowest BCUT2D eigenvalue weighted by molar-refractivity contribution is 1.16. The highest BCUT2D eigenvalue weighted by molar-refractivity contribution is 6.12. The molecule has 0 radical (unpaired) electrons. The molecule has 61 heavy (non-hydrogen) atoms. The van der Waals surface area contributed by atoms with Gasteiger partial charge in [0.1, 0.15) is 0 Å². The Bertz CT molecular complexity index is 3250. The first-order chi connectivity index (χ1) is 30.0. The first kappa shape index (κ1) is 36.9. The minimum atomic E-state index is 0.526. The minimum Gasteiger partial charge on any atom is -0.308 e. The van der Waals surface area contributed by atoms with Gasteiger partial charge in [0.05, 0.1) is 51.4 Å². The molecule has 0 saturated heterocycles. The van der Waals surface area contributed by atoms with Gasteiger partial charge in [0.25, 0.3) is 0 Å². The number of para-hydroxylation sites is 1. The third-order valence-corrected chi connectivity index (χ3v) is 11.4. The smallest absolute Gasteiger partial charge is 0.160 e. The Morgan fingerprint density at radius 1 is 0.393 bits per heavy atom. The minimum absolute atomic E-state index is 0.526. The second kappa shape index (κ2) is 15.4. The normalized spacial score (nSPS) is 11.1. The Kier molecular flexibility index (Phi) is 9.33. The van der Waals surface area contributed by atoms with Crippen LogP contribution in [0.3, 0.4) is 0 Å². The standard InChI is InChI=1S/C56H37N5/c1-36-27-37(2)29-43(28-36)40-25-26-54-48(30-40)47-23-13-14-24-53(47)61(54)55-49(45-21-11-9-19-41(45)34-57)31-44(32-50(55)46-22-12-10-20-42(46)35-58)56-59-51(38-15-5-3-6-16-38)33-52(60-56)39-17-7-4-8-18-39/h3-33H,1-2H3. The predicted octanol–water partition coefficient (Wildman–Crippen LogP) is 13.9. The molecule has 0 amide bonds. The van der Waals surface area contributed by atoms with Crippen LogP contribution in [0.15, 0.2) is 188 Å². The first-order valence-electron chi connectivity index (χ1n) is 20.3. The van der Waals surface area contributed by atoms with Gasteiger partial charge in [-0.2, -0.15) is 10.5 Å². The third kappa shape index (κ3) is 6.71. The van der Waals surface area contributed by atoms with E-state index in [2.05, 4.69) is 128 Å². The average Bonchev–Trinajstić information content (AvgIpc) is 3.64. The number of aromatic nitrogens is 3. The molecule has 5 nitrogen and oxygen atoms in total. The molecule has 0 bridgehead atoms. The average molecular weight is 780 g/mol. The zero-order valence-corrected chi connectivity index (χ0v) is 33.6. The van der Waals surface area contributed by atoms with Crippen molar-refractivity contribution in [3.8, 4) is 85.1 Å². The highest BCUT2D eigenvalue weighted by atomic mass is 15.0. The molecule has 0 aliphatic carbocycles. The van der Waals surface area contributed by atoms with Crippen molar-refractivity contribution in [1.29, 1.82) is 10.5 Å². The van der Waals surface area contributed by atoms with Gasteiger partial charge < -0.3 is 4.57 Å². The van der Waals surface area contributed by atoms with Crippen molar-refractivity contribution in [2.24, 2.45) is 0 Å². The quantitative estimate of drug-likeness (QED) is 0.161. The van der Waals surface area contributed by atoms with Gasteiger partial charge in [0, 0.05) is 49.7 Å². The SMILES string of the molecule is Cc1cc(C)cc(-c2ccc3c(c2)c2ccccc2n3-c2c(-c3ccccc3C#N)cc(-c3nc(-c4ccccc4)cc(-c4ccccc4)n3)cc2-c2ccccc2C#N)c1. The van der Waals surface area contributed by atoms with Gasteiger partial charge in [-0.1, -0.05) is 151 Å². The molecule has 0 aliphatic rings. The fourth-order valence-corrected chi connectivity index (χ4v) is 8.67. The fraction of sp³-hybridized carbons (Fsp3) is 0.0357. The molecule has 286 valence electrons. The molecule has 0 unspecified atom stereocenters. The number of nitriles is 2. The maximum absolute atomic E-state index is 10.7. The lowest BCUT2D eigenvalue weighted by Gasteiger charge is -2.22. The van der Waals surface area contributed by atoms with Crippen molar-refractivity contribution in [3.05, 3.63) is 210 Å². The van der Waals surface area contributed by atoms with Crippen LogP contribution in [0, 0.1) is 36.5 Å². The van der Waals surface area contributed by atoms with Gasteiger partial charge in [-0.25, -0.2) is 9.97 Å². The molecular formula is C56H37N5. The maximum Gasteiger partial charge on any atom is 0.160 e. The van der Waals surface area contributed by atoms with Crippen LogP contribution >= 0.6 is 0 Å². The molecule has 0 saturated carbocycles. The lowest BCUT2D eigenvalue weighted by Crippen LogP contribution is -2.04. The fourth-order valence-electron chi connectivity index (χ4n) is 8.67. The molecule has 10 aromatic rings. The lowest BCUT2D eigenvalue weighted by atomic mass is 9.89. The summed E-state index contributed by atoms with van der Waals surface area (Å²) in [6.45, 7) is 4.27. The number of nitrogens with zero attached hydrogens (tertiary/aromatic N) is 5. The summed E-state index contributed by atoms with van der Waals surface area (Å²) in [5, 5.41) is 23.5. The maximum atomic E-state index is 10.7. The van der Waals surface area contributed by atoms with Gasteiger partial charge >= 0.3 is 0 Å². The Morgan fingerprint density at radius 3 is 1.48 bits per heavy atom. The molecule has 0 N–H and O–H groups in total. The Hall–Kier alpha value is -8.38. The molecule has 0 spiro atoms. The topological polar surface area (TPSA) is 78.3 Å². The summed E-state index contributed by atoms with van der Waals surface area (Å²) >= 11 is 0. The summed E-state index contributed by atoms with van der Waals surface area (Å²) < 4.78 is 2.31. The van der Waals surface area contributed by atoms with E-state index in [0.717, 1.165) is 83.4 Å². The zero-order valence-electron chi connectivity index (χ0n) is 33.6. The van der Waals surface area contributed by atoms with Crippen molar-refractivity contribution in [2.75, 3.05) is 0 Å². The van der Waals surface area contributed by atoms with Crippen molar-refractivity contribution < 1.29 is 0 Å². The largest absolute Gasteiger partial charge is 0.308 e. The van der Waals surface area contributed by atoms with Crippen molar-refractivity contribution in [1.82, 2.24) is 14.5 Å². The highest BCUT2D eigenvalue weighted by Gasteiger charge is 2.25. The Labute approximate surface area is 354 Å². The molecule has 10 rings (SSSR count). The van der Waals surface area contributed by atoms with Crippen LogP contribution in [-0.4, -0.2) is 14.5 Å². The van der Waals surface area contributed by atoms with Crippen molar-refractivity contribution in [2.45, 2.75) is 13.8 Å². The van der Waals surface area contributed by atoms with Crippen molar-refractivity contribution in [3.63, 3.8) is 0 Å². The van der Waals surface area contributed by atoms with Crippen LogP contribution in [0.5, 0.6) is 0 Å². The number of rotatable bonds is 7. The van der Waals surface area contributed by atoms with Crippen molar-refractivity contribution >= 4 is 21.8 Å². The van der Waals surface area contributed by atoms with Crippen LogP contribution in [-0.2, 0) is 0 Å². The van der Waals surface area contributed by atoms with E-state index in [1.54, 1.807) is 0 Å². The van der Waals surface area contributed by atoms with E-state index in [1.165, 1.54) is 16.7 Å². The van der Waals surface area contributed by atoms with Crippen LogP contribution in [0.2, 0.25) is 0 Å². The van der Waals surface area contributed by atoms with E-state index in [4.69, 9.17) is 9.97 Å². The van der Waals surface area contributed by atoms with E-state index >= 15 is 0 Å². The highest BCUT2D eigenvalue weighted by Crippen LogP contribution is 2.45. The van der Waals surface area contributed by atoms with Crippen LogP contribution in [0.25, 0.3) is 94.8 Å². The molecule has 5 heteroatoms. The van der Waals surface area contributed by atoms with Gasteiger partial charge in [0.15, 0.2) is 5.82 Å². The molecule has 0 atom stereocenters. The number of hydrogen-bond donors (Lipinski definition) is 0. The first-order valence-corrected chi connectivity index (χ1v) is 20.3. The predicted molar refractivity (Wildman–Crippen MR) is 248 cm³/mol. The van der Waals surface area contributed by atoms with Crippen LogP contribution < -0.4 is 0 Å². The van der Waals surface area contributed by atoms with Crippen LogP contribution in [0.4, 0.5) is 0 Å². The summed E-state index contributed by atoms with van der Waals surface area (Å²) in [4.78, 5) is 10.5. The summed E-state index contributed by atoms with van der Waals surface area (Å²) in [6.07, 6.45) is 0. The number of fused-ring (bicyclic) bond motifs is 3. The van der Waals surface area contributed by atoms with E-state index < -0.39 is 0 Å². The van der Waals surface area contributed by atoms with E-state index in [0.29, 0.717) is 17.0 Å². The second-order valence-electron chi connectivity index (χ2n) is 15.4. The van der Waals surface area contributed by atoms with E-state index in [-0.39, 0.29) is 0 Å². The van der Waals surface area contributed by atoms with Gasteiger partial charge in [-0.15, -0.1) is 0 Å². The summed E-state index contributed by atoms with van der Waals surface area (Å²) in [5.41, 5.74) is 16.1. The monoisotopic (exact) mass is 779 g/mol. The number of benzene rings is 8. The van der Waals surface area contributed by atoms with E-state index in [1.807, 2.05) is 91.0 Å². The van der Waals surface area contributed by atoms with Gasteiger partial charge in [0.2, 0.25) is 0 Å². The number of hydrogen-bond acceptors (Lipinski definition) is 4. The second-order valence-corrected chi connectivity index (χ2v) is 15.4. The van der Waals surface area contributed by atoms with Gasteiger partial charge in [-0.3, -0.25) is 0 Å². The van der Waals surface area contributed by atoms with Gasteiger partial charge in [-0.05, 0) is 73.5 Å². The molecule has 8 aromatic carbocycles. The molecule has 0 aliphatic heterocycles. The van der Waals surface area contributed by atoms with E-state index in [9.17, 15) is 10.5 Å². The molecule has 2 heterocycles.